The molecule has 1 amide bonds. The molecule has 1 atom stereocenters. The molecule has 3 heterocycles. The minimum Gasteiger partial charge on any atom is -0.379 e. The smallest absolute Gasteiger partial charge is 0.223 e. The van der Waals surface area contributed by atoms with Gasteiger partial charge >= 0.3 is 0 Å². The highest BCUT2D eigenvalue weighted by molar-refractivity contribution is 5.77. The van der Waals surface area contributed by atoms with Gasteiger partial charge in [0.15, 0.2) is 0 Å². The van der Waals surface area contributed by atoms with Gasteiger partial charge in [-0.2, -0.15) is 0 Å². The first-order valence-electron chi connectivity index (χ1n) is 10.4. The van der Waals surface area contributed by atoms with Crippen LogP contribution < -0.4 is 0 Å². The number of likely N-dealkylation sites (tertiary alicyclic amines) is 1. The molecule has 0 aromatic heterocycles. The Morgan fingerprint density at radius 2 is 2.00 bits per heavy atom. The fourth-order valence-electron chi connectivity index (χ4n) is 4.58. The van der Waals surface area contributed by atoms with E-state index in [0.29, 0.717) is 12.3 Å². The van der Waals surface area contributed by atoms with Crippen LogP contribution in [0.2, 0.25) is 0 Å². The molecule has 27 heavy (non-hydrogen) atoms. The van der Waals surface area contributed by atoms with Crippen molar-refractivity contribution >= 4 is 5.91 Å². The number of hydrogen-bond acceptors (Lipinski definition) is 4. The van der Waals surface area contributed by atoms with Gasteiger partial charge in [-0.15, -0.1) is 0 Å². The van der Waals surface area contributed by atoms with Crippen LogP contribution in [0.4, 0.5) is 0 Å². The van der Waals surface area contributed by atoms with Crippen molar-refractivity contribution < 1.29 is 14.3 Å². The summed E-state index contributed by atoms with van der Waals surface area (Å²) in [5.41, 5.74) is 2.49. The van der Waals surface area contributed by atoms with E-state index in [1.165, 1.54) is 17.5 Å². The normalized spacial score (nSPS) is 25.4. The van der Waals surface area contributed by atoms with Crippen LogP contribution in [0.25, 0.3) is 0 Å². The standard InChI is InChI=1S/C22H32N2O3/c1-18-4-2-3-5-20(18)6-7-21(25)24-16-22(17-24)9-8-19(15-27-22)14-23-10-12-26-13-11-23/h2-5,19H,6-17H2,1H3/t19-/m1/s1. The SMILES string of the molecule is Cc1ccccc1CCC(=O)N1CC2(CC[C@H](CN3CCOCC3)CO2)C1. The van der Waals surface area contributed by atoms with E-state index in [-0.39, 0.29) is 11.5 Å². The van der Waals surface area contributed by atoms with Crippen molar-refractivity contribution in [2.45, 2.75) is 38.2 Å². The molecule has 0 radical (unpaired) electrons. The highest BCUT2D eigenvalue weighted by Gasteiger charge is 2.48. The van der Waals surface area contributed by atoms with Gasteiger partial charge in [0.05, 0.1) is 32.9 Å². The molecule has 5 nitrogen and oxygen atoms in total. The summed E-state index contributed by atoms with van der Waals surface area (Å²) in [6, 6.07) is 8.34. The fourth-order valence-corrected chi connectivity index (χ4v) is 4.58. The third kappa shape index (κ3) is 4.53. The zero-order chi connectivity index (χ0) is 18.7. The van der Waals surface area contributed by atoms with Gasteiger partial charge in [0.1, 0.15) is 5.60 Å². The van der Waals surface area contributed by atoms with Crippen LogP contribution in [0, 0.1) is 12.8 Å². The van der Waals surface area contributed by atoms with E-state index in [1.807, 2.05) is 11.0 Å². The molecular weight excluding hydrogens is 340 g/mol. The van der Waals surface area contributed by atoms with E-state index in [9.17, 15) is 4.79 Å². The van der Waals surface area contributed by atoms with Crippen LogP contribution >= 0.6 is 0 Å². The molecule has 1 aromatic rings. The van der Waals surface area contributed by atoms with E-state index in [1.54, 1.807) is 0 Å². The van der Waals surface area contributed by atoms with Gasteiger partial charge in [-0.05, 0) is 43.2 Å². The minimum absolute atomic E-state index is 0.0557. The largest absolute Gasteiger partial charge is 0.379 e. The molecule has 0 aliphatic carbocycles. The Labute approximate surface area is 162 Å². The molecule has 3 fully saturated rings. The van der Waals surface area contributed by atoms with E-state index in [2.05, 4.69) is 30.0 Å². The first-order chi connectivity index (χ1) is 13.1. The maximum atomic E-state index is 12.5. The number of rotatable bonds is 5. The molecule has 3 saturated heterocycles. The quantitative estimate of drug-likeness (QED) is 0.795. The summed E-state index contributed by atoms with van der Waals surface area (Å²) in [5, 5.41) is 0. The second-order valence-corrected chi connectivity index (χ2v) is 8.49. The third-order valence-corrected chi connectivity index (χ3v) is 6.43. The fraction of sp³-hybridized carbons (Fsp3) is 0.682. The predicted molar refractivity (Wildman–Crippen MR) is 105 cm³/mol. The Hall–Kier alpha value is -1.43. The molecule has 5 heteroatoms. The number of ether oxygens (including phenoxy) is 2. The molecule has 0 unspecified atom stereocenters. The number of nitrogens with zero attached hydrogens (tertiary/aromatic N) is 2. The number of carbonyl (C=O) groups is 1. The topological polar surface area (TPSA) is 42.0 Å². The Bertz CT molecular complexity index is 641. The van der Waals surface area contributed by atoms with Crippen LogP contribution in [0.5, 0.6) is 0 Å². The van der Waals surface area contributed by atoms with Crippen molar-refractivity contribution in [3.8, 4) is 0 Å². The van der Waals surface area contributed by atoms with Gasteiger partial charge in [0, 0.05) is 26.1 Å². The molecule has 3 aliphatic rings. The lowest BCUT2D eigenvalue weighted by Gasteiger charge is -2.53. The average molecular weight is 373 g/mol. The summed E-state index contributed by atoms with van der Waals surface area (Å²) >= 11 is 0. The number of benzene rings is 1. The molecule has 0 saturated carbocycles. The Balaban J connectivity index is 1.18. The monoisotopic (exact) mass is 372 g/mol. The molecule has 4 rings (SSSR count). The molecule has 1 spiro atoms. The second kappa shape index (κ2) is 8.29. The summed E-state index contributed by atoms with van der Waals surface area (Å²) in [7, 11) is 0. The van der Waals surface area contributed by atoms with Crippen LogP contribution in [0.15, 0.2) is 24.3 Å². The molecule has 148 valence electrons. The van der Waals surface area contributed by atoms with Gasteiger partial charge in [0.25, 0.3) is 0 Å². The first-order valence-corrected chi connectivity index (χ1v) is 10.4. The number of amides is 1. The lowest BCUT2D eigenvalue weighted by atomic mass is 9.82. The highest BCUT2D eigenvalue weighted by Crippen LogP contribution is 2.36. The van der Waals surface area contributed by atoms with Crippen LogP contribution in [0.1, 0.15) is 30.4 Å². The summed E-state index contributed by atoms with van der Waals surface area (Å²) in [5.74, 6) is 0.891. The minimum atomic E-state index is -0.0557. The van der Waals surface area contributed by atoms with Crippen molar-refractivity contribution in [3.05, 3.63) is 35.4 Å². The van der Waals surface area contributed by atoms with E-state index in [0.717, 1.165) is 65.4 Å². The average Bonchev–Trinajstić information content (AvgIpc) is 2.67. The molecule has 3 aliphatic heterocycles. The van der Waals surface area contributed by atoms with Crippen LogP contribution in [-0.4, -0.2) is 73.9 Å². The summed E-state index contributed by atoms with van der Waals surface area (Å²) in [6.07, 6.45) is 3.73. The Morgan fingerprint density at radius 1 is 1.22 bits per heavy atom. The van der Waals surface area contributed by atoms with Crippen molar-refractivity contribution in [3.63, 3.8) is 0 Å². The third-order valence-electron chi connectivity index (χ3n) is 6.43. The van der Waals surface area contributed by atoms with E-state index in [4.69, 9.17) is 9.47 Å². The molecule has 0 bridgehead atoms. The number of morpholine rings is 1. The molecular formula is C22H32N2O3. The second-order valence-electron chi connectivity index (χ2n) is 8.49. The van der Waals surface area contributed by atoms with Gasteiger partial charge in [-0.3, -0.25) is 9.69 Å². The number of carbonyl (C=O) groups excluding carboxylic acids is 1. The lowest BCUT2D eigenvalue weighted by molar-refractivity contribution is -0.190. The number of hydrogen-bond donors (Lipinski definition) is 0. The van der Waals surface area contributed by atoms with Crippen molar-refractivity contribution in [2.24, 2.45) is 5.92 Å². The Morgan fingerprint density at radius 3 is 2.70 bits per heavy atom. The number of aryl methyl sites for hydroxylation is 2. The summed E-state index contributed by atoms with van der Waals surface area (Å²) < 4.78 is 11.7. The van der Waals surface area contributed by atoms with E-state index >= 15 is 0 Å². The maximum Gasteiger partial charge on any atom is 0.223 e. The zero-order valence-electron chi connectivity index (χ0n) is 16.5. The summed E-state index contributed by atoms with van der Waals surface area (Å²) in [6.45, 7) is 9.44. The van der Waals surface area contributed by atoms with Crippen molar-refractivity contribution in [1.82, 2.24) is 9.80 Å². The van der Waals surface area contributed by atoms with Gasteiger partial charge in [-0.25, -0.2) is 0 Å². The Kier molecular flexibility index (Phi) is 5.81. The molecule has 1 aromatic carbocycles. The maximum absolute atomic E-state index is 12.5. The lowest BCUT2D eigenvalue weighted by Crippen LogP contribution is -2.66. The van der Waals surface area contributed by atoms with Crippen LogP contribution in [-0.2, 0) is 20.7 Å². The van der Waals surface area contributed by atoms with E-state index < -0.39 is 0 Å². The van der Waals surface area contributed by atoms with Crippen LogP contribution in [0.3, 0.4) is 0 Å². The van der Waals surface area contributed by atoms with Gasteiger partial charge < -0.3 is 14.4 Å². The predicted octanol–water partition coefficient (Wildman–Crippen LogP) is 2.27. The summed E-state index contributed by atoms with van der Waals surface area (Å²) in [4.78, 5) is 17.0. The highest BCUT2D eigenvalue weighted by atomic mass is 16.5. The van der Waals surface area contributed by atoms with Crippen molar-refractivity contribution in [1.29, 1.82) is 0 Å². The van der Waals surface area contributed by atoms with Gasteiger partial charge in [0.2, 0.25) is 5.91 Å². The zero-order valence-corrected chi connectivity index (χ0v) is 16.5. The first kappa shape index (κ1) is 18.9. The molecule has 0 N–H and O–H groups in total. The van der Waals surface area contributed by atoms with Gasteiger partial charge in [-0.1, -0.05) is 24.3 Å². The van der Waals surface area contributed by atoms with Crippen molar-refractivity contribution in [2.75, 3.05) is 52.5 Å².